The van der Waals surface area contributed by atoms with Gasteiger partial charge in [-0.25, -0.2) is 4.98 Å². The average Bonchev–Trinajstić information content (AvgIpc) is 3.07. The van der Waals surface area contributed by atoms with Crippen LogP contribution in [0.2, 0.25) is 0 Å². The SMILES string of the molecule is Cc1nc(NC(=O)CSc2nnc(C(C)C)n2C)sc1C(=O)N(C)C. The zero-order valence-corrected chi connectivity index (χ0v) is 16.8. The van der Waals surface area contributed by atoms with Crippen LogP contribution in [0, 0.1) is 6.92 Å². The van der Waals surface area contributed by atoms with E-state index in [2.05, 4.69) is 20.5 Å². The van der Waals surface area contributed by atoms with Gasteiger partial charge < -0.3 is 14.8 Å². The van der Waals surface area contributed by atoms with E-state index in [1.807, 2.05) is 25.5 Å². The minimum absolute atomic E-state index is 0.120. The van der Waals surface area contributed by atoms with E-state index in [9.17, 15) is 9.59 Å². The number of anilines is 1. The van der Waals surface area contributed by atoms with Crippen LogP contribution in [0.25, 0.3) is 0 Å². The van der Waals surface area contributed by atoms with E-state index in [0.29, 0.717) is 20.9 Å². The molecule has 2 heterocycles. The van der Waals surface area contributed by atoms with Crippen molar-refractivity contribution in [3.63, 3.8) is 0 Å². The maximum absolute atomic E-state index is 12.1. The van der Waals surface area contributed by atoms with Crippen LogP contribution in [0.15, 0.2) is 5.16 Å². The van der Waals surface area contributed by atoms with Gasteiger partial charge >= 0.3 is 0 Å². The number of carbonyl (C=O) groups is 2. The average molecular weight is 383 g/mol. The predicted molar refractivity (Wildman–Crippen MR) is 99.3 cm³/mol. The molecule has 0 aliphatic heterocycles. The number of aromatic nitrogens is 4. The van der Waals surface area contributed by atoms with Crippen LogP contribution in [-0.2, 0) is 11.8 Å². The van der Waals surface area contributed by atoms with Gasteiger partial charge in [-0.1, -0.05) is 36.9 Å². The second kappa shape index (κ2) is 7.96. The summed E-state index contributed by atoms with van der Waals surface area (Å²) < 4.78 is 1.89. The highest BCUT2D eigenvalue weighted by atomic mass is 32.2. The zero-order chi connectivity index (χ0) is 18.7. The Balaban J connectivity index is 1.97. The first-order valence-corrected chi connectivity index (χ1v) is 9.52. The van der Waals surface area contributed by atoms with Gasteiger partial charge in [0.1, 0.15) is 10.7 Å². The van der Waals surface area contributed by atoms with Gasteiger partial charge in [0, 0.05) is 27.1 Å². The number of thioether (sulfide) groups is 1. The van der Waals surface area contributed by atoms with E-state index in [1.54, 1.807) is 21.0 Å². The number of hydrogen-bond donors (Lipinski definition) is 1. The smallest absolute Gasteiger partial charge is 0.265 e. The molecule has 2 amide bonds. The van der Waals surface area contributed by atoms with Gasteiger partial charge in [0.15, 0.2) is 10.3 Å². The van der Waals surface area contributed by atoms with Gasteiger partial charge in [-0.05, 0) is 6.92 Å². The van der Waals surface area contributed by atoms with Gasteiger partial charge in [0.25, 0.3) is 5.91 Å². The predicted octanol–water partition coefficient (Wildman–Crippen LogP) is 2.14. The van der Waals surface area contributed by atoms with E-state index in [1.165, 1.54) is 28.0 Å². The van der Waals surface area contributed by atoms with E-state index < -0.39 is 0 Å². The number of carbonyl (C=O) groups excluding carboxylic acids is 2. The Morgan fingerprint density at radius 1 is 1.32 bits per heavy atom. The van der Waals surface area contributed by atoms with Crippen LogP contribution in [0.3, 0.4) is 0 Å². The molecule has 0 aliphatic carbocycles. The number of nitrogens with zero attached hydrogens (tertiary/aromatic N) is 5. The molecule has 10 heteroatoms. The molecule has 0 atom stereocenters. The van der Waals surface area contributed by atoms with Crippen molar-refractivity contribution in [3.05, 3.63) is 16.4 Å². The summed E-state index contributed by atoms with van der Waals surface area (Å²) in [5.41, 5.74) is 0.613. The maximum atomic E-state index is 12.1. The second-order valence-corrected chi connectivity index (χ2v) is 7.97. The third-order valence-electron chi connectivity index (χ3n) is 3.36. The fraction of sp³-hybridized carbons (Fsp3) is 0.533. The molecule has 8 nitrogen and oxygen atoms in total. The third-order valence-corrected chi connectivity index (χ3v) is 5.44. The third kappa shape index (κ3) is 4.57. The number of aryl methyl sites for hydroxylation is 1. The van der Waals surface area contributed by atoms with Crippen LogP contribution in [-0.4, -0.2) is 56.3 Å². The summed E-state index contributed by atoms with van der Waals surface area (Å²) in [5.74, 6) is 1.03. The van der Waals surface area contributed by atoms with E-state index in [0.717, 1.165) is 5.82 Å². The molecule has 0 spiro atoms. The second-order valence-electron chi connectivity index (χ2n) is 6.02. The van der Waals surface area contributed by atoms with Gasteiger partial charge in [0.05, 0.1) is 11.4 Å². The standard InChI is InChI=1S/C15H22N6O2S2/c1-8(2)12-18-19-15(21(12)6)24-7-10(22)17-14-16-9(3)11(25-14)13(23)20(4)5/h8H,7H2,1-6H3,(H,16,17,22). The van der Waals surface area contributed by atoms with Gasteiger partial charge in [-0.2, -0.15) is 0 Å². The first kappa shape index (κ1) is 19.4. The lowest BCUT2D eigenvalue weighted by Crippen LogP contribution is -2.21. The van der Waals surface area contributed by atoms with Crippen molar-refractivity contribution in [2.45, 2.75) is 31.8 Å². The summed E-state index contributed by atoms with van der Waals surface area (Å²) in [6.45, 7) is 5.84. The van der Waals surface area contributed by atoms with E-state index in [-0.39, 0.29) is 23.5 Å². The van der Waals surface area contributed by atoms with Crippen LogP contribution < -0.4 is 5.32 Å². The molecule has 25 heavy (non-hydrogen) atoms. The van der Waals surface area contributed by atoms with Gasteiger partial charge in [0.2, 0.25) is 5.91 Å². The molecular weight excluding hydrogens is 360 g/mol. The summed E-state index contributed by atoms with van der Waals surface area (Å²) >= 11 is 2.49. The van der Waals surface area contributed by atoms with Crippen LogP contribution in [0.4, 0.5) is 5.13 Å². The van der Waals surface area contributed by atoms with Crippen molar-refractivity contribution < 1.29 is 9.59 Å². The molecule has 0 saturated carbocycles. The Kier molecular flexibility index (Phi) is 6.17. The Morgan fingerprint density at radius 3 is 2.56 bits per heavy atom. The minimum atomic E-state index is -0.198. The summed E-state index contributed by atoms with van der Waals surface area (Å²) in [5, 5.41) is 12.1. The maximum Gasteiger partial charge on any atom is 0.265 e. The summed E-state index contributed by atoms with van der Waals surface area (Å²) in [7, 11) is 5.25. The van der Waals surface area contributed by atoms with Crippen molar-refractivity contribution in [1.82, 2.24) is 24.6 Å². The highest BCUT2D eigenvalue weighted by Crippen LogP contribution is 2.24. The number of rotatable bonds is 6. The topological polar surface area (TPSA) is 93.0 Å². The Labute approximate surface area is 155 Å². The first-order chi connectivity index (χ1) is 11.7. The largest absolute Gasteiger partial charge is 0.344 e. The molecule has 1 N–H and O–H groups in total. The van der Waals surface area contributed by atoms with E-state index >= 15 is 0 Å². The fourth-order valence-electron chi connectivity index (χ4n) is 2.09. The van der Waals surface area contributed by atoms with Crippen molar-refractivity contribution in [1.29, 1.82) is 0 Å². The molecule has 2 aromatic heterocycles. The van der Waals surface area contributed by atoms with Crippen LogP contribution in [0.5, 0.6) is 0 Å². The monoisotopic (exact) mass is 382 g/mol. The van der Waals surface area contributed by atoms with Gasteiger partial charge in [-0.15, -0.1) is 10.2 Å². The molecule has 0 fully saturated rings. The molecule has 0 saturated heterocycles. The zero-order valence-electron chi connectivity index (χ0n) is 15.2. The Hall–Kier alpha value is -1.94. The molecule has 0 radical (unpaired) electrons. The fourth-order valence-corrected chi connectivity index (χ4v) is 3.81. The number of nitrogens with one attached hydrogen (secondary N) is 1. The lowest BCUT2D eigenvalue weighted by atomic mass is 10.2. The minimum Gasteiger partial charge on any atom is -0.344 e. The highest BCUT2D eigenvalue weighted by molar-refractivity contribution is 7.99. The summed E-state index contributed by atoms with van der Waals surface area (Å²) in [6.07, 6.45) is 0. The molecule has 0 bridgehead atoms. The molecule has 2 rings (SSSR count). The normalized spacial score (nSPS) is 11.0. The molecule has 0 aliphatic rings. The summed E-state index contributed by atoms with van der Waals surface area (Å²) in [4.78, 5) is 30.4. The molecule has 136 valence electrons. The van der Waals surface area contributed by atoms with Crippen LogP contribution in [0.1, 0.15) is 41.0 Å². The molecular formula is C15H22N6O2S2. The van der Waals surface area contributed by atoms with Crippen molar-refractivity contribution in [2.24, 2.45) is 7.05 Å². The van der Waals surface area contributed by atoms with Crippen molar-refractivity contribution in [2.75, 3.05) is 25.2 Å². The van der Waals surface area contributed by atoms with Crippen molar-refractivity contribution >= 4 is 40.0 Å². The number of hydrogen-bond acceptors (Lipinski definition) is 7. The van der Waals surface area contributed by atoms with Gasteiger partial charge in [-0.3, -0.25) is 9.59 Å². The first-order valence-electron chi connectivity index (χ1n) is 7.71. The summed E-state index contributed by atoms with van der Waals surface area (Å²) in [6, 6.07) is 0. The number of thiazole rings is 1. The number of amides is 2. The molecule has 0 unspecified atom stereocenters. The molecule has 2 aromatic rings. The Bertz CT molecular complexity index is 781. The van der Waals surface area contributed by atoms with Crippen LogP contribution >= 0.6 is 23.1 Å². The quantitative estimate of drug-likeness (QED) is 0.770. The lowest BCUT2D eigenvalue weighted by molar-refractivity contribution is -0.113. The molecule has 0 aromatic carbocycles. The Morgan fingerprint density at radius 2 is 2.00 bits per heavy atom. The van der Waals surface area contributed by atoms with Crippen molar-refractivity contribution in [3.8, 4) is 0 Å². The van der Waals surface area contributed by atoms with E-state index in [4.69, 9.17) is 0 Å². The highest BCUT2D eigenvalue weighted by Gasteiger charge is 2.18. The lowest BCUT2D eigenvalue weighted by Gasteiger charge is -2.07.